The molecule has 3 nitrogen and oxygen atoms in total. The maximum Gasteiger partial charge on any atom is 0.241 e. The van der Waals surface area contributed by atoms with Crippen LogP contribution in [-0.4, -0.2) is 9.38 Å². The van der Waals surface area contributed by atoms with E-state index in [-0.39, 0.29) is 0 Å². The molecule has 2 aromatic carbocycles. The van der Waals surface area contributed by atoms with Crippen molar-refractivity contribution in [3.05, 3.63) is 68.9 Å². The summed E-state index contributed by atoms with van der Waals surface area (Å²) in [4.78, 5) is 4.75. The van der Waals surface area contributed by atoms with Gasteiger partial charge in [-0.1, -0.05) is 40.2 Å². The Morgan fingerprint density at radius 3 is 2.74 bits per heavy atom. The molecule has 112 valence electrons. The van der Waals surface area contributed by atoms with Gasteiger partial charge < -0.3 is 4.74 Å². The third kappa shape index (κ3) is 1.96. The first-order valence-corrected chi connectivity index (χ1v) is 8.84. The normalized spacial score (nSPS) is 13.0. The van der Waals surface area contributed by atoms with Gasteiger partial charge in [-0.25, -0.2) is 0 Å². The fourth-order valence-corrected chi connectivity index (χ4v) is 4.12. The highest BCUT2D eigenvalue weighted by Crippen LogP contribution is 2.39. The lowest BCUT2D eigenvalue weighted by Crippen LogP contribution is -2.04. The van der Waals surface area contributed by atoms with Gasteiger partial charge in [0.05, 0.1) is 5.69 Å². The third-order valence-corrected chi connectivity index (χ3v) is 5.35. The minimum Gasteiger partial charge on any atom is -0.437 e. The number of ether oxygens (including phenoxy) is 1. The van der Waals surface area contributed by atoms with Crippen LogP contribution in [-0.2, 0) is 6.42 Å². The van der Waals surface area contributed by atoms with Crippen LogP contribution < -0.4 is 4.74 Å². The summed E-state index contributed by atoms with van der Waals surface area (Å²) >= 11 is 7.21. The van der Waals surface area contributed by atoms with Crippen molar-refractivity contribution in [3.63, 3.8) is 0 Å². The van der Waals surface area contributed by atoms with E-state index in [0.717, 1.165) is 48.8 Å². The van der Waals surface area contributed by atoms with Crippen LogP contribution in [0.2, 0.25) is 0 Å². The number of hydrogen-bond donors (Lipinski definition) is 0. The Kier molecular flexibility index (Phi) is 2.85. The number of imidazole rings is 1. The van der Waals surface area contributed by atoms with Crippen molar-refractivity contribution in [2.24, 2.45) is 0 Å². The monoisotopic (exact) mass is 428 g/mol. The van der Waals surface area contributed by atoms with Crippen LogP contribution in [0.25, 0.3) is 16.4 Å². The molecule has 1 aliphatic heterocycles. The highest BCUT2D eigenvalue weighted by Gasteiger charge is 2.24. The summed E-state index contributed by atoms with van der Waals surface area (Å²) in [5.41, 5.74) is 3.18. The number of aromatic nitrogens is 2. The van der Waals surface area contributed by atoms with Crippen molar-refractivity contribution < 1.29 is 4.74 Å². The summed E-state index contributed by atoms with van der Waals surface area (Å²) < 4.78 is 10.3. The van der Waals surface area contributed by atoms with Crippen molar-refractivity contribution in [1.82, 2.24) is 9.38 Å². The summed E-state index contributed by atoms with van der Waals surface area (Å²) in [6, 6.07) is 14.3. The zero-order valence-corrected chi connectivity index (χ0v) is 15.1. The molecule has 0 saturated carbocycles. The lowest BCUT2D eigenvalue weighted by Gasteiger charge is -2.16. The predicted molar refractivity (Wildman–Crippen MR) is 97.4 cm³/mol. The van der Waals surface area contributed by atoms with Crippen LogP contribution in [0.1, 0.15) is 11.3 Å². The first kappa shape index (κ1) is 13.6. The average molecular weight is 430 g/mol. The van der Waals surface area contributed by atoms with Crippen LogP contribution in [0.4, 0.5) is 0 Å². The molecule has 0 bridgehead atoms. The number of nitrogens with zero attached hydrogens (tertiary/aromatic N) is 2. The van der Waals surface area contributed by atoms with Crippen LogP contribution >= 0.6 is 31.9 Å². The molecule has 2 aromatic heterocycles. The van der Waals surface area contributed by atoms with E-state index in [2.05, 4.69) is 60.7 Å². The second-order valence-corrected chi connectivity index (χ2v) is 7.38. The fraction of sp³-hybridized carbons (Fsp3) is 0.0556. The highest BCUT2D eigenvalue weighted by molar-refractivity contribution is 9.11. The SMILES string of the molecule is Brc1ccc2c(c1)Cc1c(nc3c4ccccc4c(Br)cn13)O2. The van der Waals surface area contributed by atoms with Gasteiger partial charge >= 0.3 is 0 Å². The largest absolute Gasteiger partial charge is 0.437 e. The van der Waals surface area contributed by atoms with Crippen molar-refractivity contribution >= 4 is 48.3 Å². The number of halogens is 2. The Hall–Kier alpha value is -1.85. The minimum absolute atomic E-state index is 0.697. The molecular weight excluding hydrogens is 420 g/mol. The predicted octanol–water partition coefficient (Wildman–Crippen LogP) is 5.71. The summed E-state index contributed by atoms with van der Waals surface area (Å²) in [5, 5.41) is 2.27. The molecule has 0 radical (unpaired) electrons. The molecule has 5 rings (SSSR count). The lowest BCUT2D eigenvalue weighted by atomic mass is 10.1. The summed E-state index contributed by atoms with van der Waals surface area (Å²) in [6.07, 6.45) is 2.88. The second-order valence-electron chi connectivity index (χ2n) is 5.61. The summed E-state index contributed by atoms with van der Waals surface area (Å²) in [6.45, 7) is 0. The van der Waals surface area contributed by atoms with Crippen molar-refractivity contribution in [2.75, 3.05) is 0 Å². The van der Waals surface area contributed by atoms with E-state index < -0.39 is 0 Å². The minimum atomic E-state index is 0.697. The molecule has 23 heavy (non-hydrogen) atoms. The molecule has 0 spiro atoms. The number of pyridine rings is 1. The number of rotatable bonds is 0. The standard InChI is InChI=1S/C18H10Br2N2O/c19-11-5-6-16-10(7-11)8-15-18(23-16)21-17-13-4-2-1-3-12(13)14(20)9-22(15)17/h1-7,9H,8H2. The molecule has 0 amide bonds. The van der Waals surface area contributed by atoms with E-state index in [1.165, 1.54) is 0 Å². The van der Waals surface area contributed by atoms with Crippen molar-refractivity contribution in [1.29, 1.82) is 0 Å². The molecule has 0 atom stereocenters. The van der Waals surface area contributed by atoms with Gasteiger partial charge in [0.25, 0.3) is 0 Å². The summed E-state index contributed by atoms with van der Waals surface area (Å²) in [5.74, 6) is 1.58. The van der Waals surface area contributed by atoms with Gasteiger partial charge in [-0.15, -0.1) is 0 Å². The molecular formula is C18H10Br2N2O. The van der Waals surface area contributed by atoms with E-state index >= 15 is 0 Å². The Morgan fingerprint density at radius 1 is 1.04 bits per heavy atom. The van der Waals surface area contributed by atoms with Crippen LogP contribution in [0, 0.1) is 0 Å². The maximum atomic E-state index is 6.04. The highest BCUT2D eigenvalue weighted by atomic mass is 79.9. The van der Waals surface area contributed by atoms with Gasteiger partial charge in [0.2, 0.25) is 5.88 Å². The zero-order valence-electron chi connectivity index (χ0n) is 11.9. The Labute approximate surface area is 149 Å². The number of benzene rings is 2. The Bertz CT molecular complexity index is 1100. The molecule has 0 unspecified atom stereocenters. The van der Waals surface area contributed by atoms with E-state index in [9.17, 15) is 0 Å². The molecule has 4 aromatic rings. The van der Waals surface area contributed by atoms with E-state index in [1.54, 1.807) is 0 Å². The number of fused-ring (bicyclic) bond motifs is 6. The maximum absolute atomic E-state index is 6.04. The molecule has 0 aliphatic carbocycles. The quantitative estimate of drug-likeness (QED) is 0.315. The average Bonchev–Trinajstić information content (AvgIpc) is 2.91. The van der Waals surface area contributed by atoms with Gasteiger partial charge in [-0.3, -0.25) is 4.40 Å². The van der Waals surface area contributed by atoms with Gasteiger partial charge in [-0.2, -0.15) is 4.98 Å². The lowest BCUT2D eigenvalue weighted by molar-refractivity contribution is 0.443. The van der Waals surface area contributed by atoms with Gasteiger partial charge in [0.1, 0.15) is 11.4 Å². The topological polar surface area (TPSA) is 26.5 Å². The molecule has 1 aliphatic rings. The van der Waals surface area contributed by atoms with E-state index in [4.69, 9.17) is 9.72 Å². The zero-order chi connectivity index (χ0) is 15.6. The first-order chi connectivity index (χ1) is 11.2. The molecule has 0 fully saturated rings. The molecule has 5 heteroatoms. The molecule has 0 N–H and O–H groups in total. The van der Waals surface area contributed by atoms with Gasteiger partial charge in [0.15, 0.2) is 0 Å². The fourth-order valence-electron chi connectivity index (χ4n) is 3.16. The third-order valence-electron chi connectivity index (χ3n) is 4.23. The van der Waals surface area contributed by atoms with Crippen LogP contribution in [0.3, 0.4) is 0 Å². The van der Waals surface area contributed by atoms with Crippen LogP contribution in [0.15, 0.2) is 57.6 Å². The Balaban J connectivity index is 1.82. The Morgan fingerprint density at radius 2 is 1.87 bits per heavy atom. The van der Waals surface area contributed by atoms with Gasteiger partial charge in [0, 0.05) is 37.9 Å². The van der Waals surface area contributed by atoms with E-state index in [0.29, 0.717) is 5.88 Å². The van der Waals surface area contributed by atoms with Crippen molar-refractivity contribution in [2.45, 2.75) is 6.42 Å². The summed E-state index contributed by atoms with van der Waals surface area (Å²) in [7, 11) is 0. The van der Waals surface area contributed by atoms with E-state index in [1.807, 2.05) is 24.3 Å². The van der Waals surface area contributed by atoms with Gasteiger partial charge in [-0.05, 0) is 34.1 Å². The van der Waals surface area contributed by atoms with Crippen molar-refractivity contribution in [3.8, 4) is 11.6 Å². The first-order valence-electron chi connectivity index (χ1n) is 7.25. The molecule has 3 heterocycles. The molecule has 0 saturated heterocycles. The van der Waals surface area contributed by atoms with Crippen LogP contribution in [0.5, 0.6) is 11.6 Å². The number of hydrogen-bond acceptors (Lipinski definition) is 2. The smallest absolute Gasteiger partial charge is 0.241 e. The second kappa shape index (κ2) is 4.82.